The molecule has 0 aromatic heterocycles. The zero-order valence-corrected chi connectivity index (χ0v) is 20.7. The summed E-state index contributed by atoms with van der Waals surface area (Å²) in [5, 5.41) is 0. The number of hydrogen-bond donors (Lipinski definition) is 1. The lowest BCUT2D eigenvalue weighted by Crippen LogP contribution is -2.41. The highest BCUT2D eigenvalue weighted by atomic mass is 15.3. The normalized spacial score (nSPS) is 17.5. The second kappa shape index (κ2) is 11.5. The number of guanidine groups is 1. The summed E-state index contributed by atoms with van der Waals surface area (Å²) in [6, 6.07) is 30.8. The van der Waals surface area contributed by atoms with E-state index in [1.54, 1.807) is 0 Å². The van der Waals surface area contributed by atoms with Crippen LogP contribution in [0.2, 0.25) is 0 Å². The van der Waals surface area contributed by atoms with E-state index in [0.29, 0.717) is 17.8 Å². The van der Waals surface area contributed by atoms with Crippen LogP contribution in [-0.4, -0.2) is 48.5 Å². The molecule has 0 aliphatic carbocycles. The number of rotatable bonds is 7. The molecule has 2 aliphatic heterocycles. The van der Waals surface area contributed by atoms with Crippen molar-refractivity contribution in [2.75, 3.05) is 32.7 Å². The van der Waals surface area contributed by atoms with Gasteiger partial charge < -0.3 is 15.5 Å². The molecule has 0 amide bonds. The Kier molecular flexibility index (Phi) is 7.79. The third-order valence-corrected chi connectivity index (χ3v) is 7.78. The van der Waals surface area contributed by atoms with E-state index in [9.17, 15) is 0 Å². The van der Waals surface area contributed by atoms with Gasteiger partial charge in [0.1, 0.15) is 0 Å². The van der Waals surface area contributed by atoms with Gasteiger partial charge in [-0.1, -0.05) is 84.9 Å². The fourth-order valence-corrected chi connectivity index (χ4v) is 5.85. The molecule has 4 nitrogen and oxygen atoms in total. The molecule has 0 atom stereocenters. The maximum Gasteiger partial charge on any atom is 0.191 e. The van der Waals surface area contributed by atoms with Crippen LogP contribution in [0.3, 0.4) is 0 Å². The maximum atomic E-state index is 6.35. The molecular weight excluding hydrogens is 428 g/mol. The standard InChI is InChI=1S/C31H38N4/c32-31(35-23-18-25-10-7-8-15-29(25)24-35)33-19-9-20-34-21-16-28(17-22-34)30(26-11-3-1-4-12-26)27-13-5-2-6-14-27/h1-8,10-15,28,30H,9,16-24H2,(H2,32,33). The molecule has 1 fully saturated rings. The summed E-state index contributed by atoms with van der Waals surface area (Å²) in [6.07, 6.45) is 4.60. The molecule has 0 unspecified atom stereocenters. The number of benzene rings is 3. The molecule has 2 heterocycles. The Balaban J connectivity index is 1.10. The van der Waals surface area contributed by atoms with Crippen molar-refractivity contribution in [3.63, 3.8) is 0 Å². The number of nitrogens with zero attached hydrogens (tertiary/aromatic N) is 3. The van der Waals surface area contributed by atoms with Crippen LogP contribution in [-0.2, 0) is 13.0 Å². The van der Waals surface area contributed by atoms with Gasteiger partial charge in [-0.2, -0.15) is 0 Å². The number of nitrogens with two attached hydrogens (primary N) is 1. The van der Waals surface area contributed by atoms with Crippen LogP contribution >= 0.6 is 0 Å². The maximum absolute atomic E-state index is 6.35. The number of fused-ring (bicyclic) bond motifs is 1. The van der Waals surface area contributed by atoms with Gasteiger partial charge in [0.15, 0.2) is 5.96 Å². The van der Waals surface area contributed by atoms with Crippen LogP contribution in [0.5, 0.6) is 0 Å². The molecule has 0 radical (unpaired) electrons. The number of piperidine rings is 1. The van der Waals surface area contributed by atoms with Crippen molar-refractivity contribution in [3.05, 3.63) is 107 Å². The summed E-state index contributed by atoms with van der Waals surface area (Å²) in [4.78, 5) is 9.56. The van der Waals surface area contributed by atoms with Gasteiger partial charge in [0.25, 0.3) is 0 Å². The minimum absolute atomic E-state index is 0.485. The lowest BCUT2D eigenvalue weighted by atomic mass is 9.76. The number of likely N-dealkylation sites (tertiary alicyclic amines) is 1. The summed E-state index contributed by atoms with van der Waals surface area (Å²) < 4.78 is 0. The van der Waals surface area contributed by atoms with E-state index in [1.165, 1.54) is 48.2 Å². The fourth-order valence-electron chi connectivity index (χ4n) is 5.85. The van der Waals surface area contributed by atoms with Crippen molar-refractivity contribution >= 4 is 5.96 Å². The second-order valence-corrected chi connectivity index (χ2v) is 10.0. The summed E-state index contributed by atoms with van der Waals surface area (Å²) in [5.41, 5.74) is 12.1. The molecule has 3 aromatic carbocycles. The first-order valence-corrected chi connectivity index (χ1v) is 13.2. The van der Waals surface area contributed by atoms with Crippen molar-refractivity contribution in [1.82, 2.24) is 9.80 Å². The molecule has 5 rings (SSSR count). The Bertz CT molecular complexity index is 1050. The Morgan fingerprint density at radius 1 is 0.800 bits per heavy atom. The summed E-state index contributed by atoms with van der Waals surface area (Å²) in [7, 11) is 0. The van der Waals surface area contributed by atoms with Crippen molar-refractivity contribution in [1.29, 1.82) is 0 Å². The highest BCUT2D eigenvalue weighted by molar-refractivity contribution is 5.78. The largest absolute Gasteiger partial charge is 0.370 e. The molecule has 35 heavy (non-hydrogen) atoms. The van der Waals surface area contributed by atoms with Crippen molar-refractivity contribution in [2.24, 2.45) is 16.6 Å². The van der Waals surface area contributed by atoms with Crippen LogP contribution in [0.1, 0.15) is 47.4 Å². The minimum atomic E-state index is 0.485. The van der Waals surface area contributed by atoms with E-state index in [-0.39, 0.29) is 0 Å². The van der Waals surface area contributed by atoms with Crippen LogP contribution in [0.4, 0.5) is 0 Å². The average Bonchev–Trinajstić information content (AvgIpc) is 2.93. The van der Waals surface area contributed by atoms with Gasteiger partial charge in [-0.3, -0.25) is 4.99 Å². The minimum Gasteiger partial charge on any atom is -0.370 e. The van der Waals surface area contributed by atoms with Gasteiger partial charge in [-0.05, 0) is 73.5 Å². The Morgan fingerprint density at radius 2 is 1.40 bits per heavy atom. The molecule has 0 saturated carbocycles. The van der Waals surface area contributed by atoms with Crippen LogP contribution < -0.4 is 5.73 Å². The lowest BCUT2D eigenvalue weighted by molar-refractivity contribution is 0.174. The fraction of sp³-hybridized carbons (Fsp3) is 0.387. The molecule has 0 bridgehead atoms. The molecular formula is C31H38N4. The van der Waals surface area contributed by atoms with E-state index in [1.807, 2.05) is 0 Å². The van der Waals surface area contributed by atoms with Crippen molar-refractivity contribution < 1.29 is 0 Å². The predicted octanol–water partition coefficient (Wildman–Crippen LogP) is 5.29. The van der Waals surface area contributed by atoms with Gasteiger partial charge in [-0.15, -0.1) is 0 Å². The van der Waals surface area contributed by atoms with Crippen molar-refractivity contribution in [2.45, 2.75) is 38.1 Å². The van der Waals surface area contributed by atoms with Gasteiger partial charge in [-0.25, -0.2) is 0 Å². The van der Waals surface area contributed by atoms with Crippen LogP contribution in [0.15, 0.2) is 89.9 Å². The highest BCUT2D eigenvalue weighted by Gasteiger charge is 2.28. The zero-order chi connectivity index (χ0) is 23.9. The quantitative estimate of drug-likeness (QED) is 0.292. The SMILES string of the molecule is NC(=NCCCN1CCC(C(c2ccccc2)c2ccccc2)CC1)N1CCc2ccccc2C1. The molecule has 2 aliphatic rings. The first kappa shape index (κ1) is 23.6. The van der Waals surface area contributed by atoms with Gasteiger partial charge in [0.2, 0.25) is 0 Å². The van der Waals surface area contributed by atoms with E-state index >= 15 is 0 Å². The smallest absolute Gasteiger partial charge is 0.191 e. The Hall–Kier alpha value is -3.11. The molecule has 2 N–H and O–H groups in total. The Morgan fingerprint density at radius 3 is 2.06 bits per heavy atom. The summed E-state index contributed by atoms with van der Waals surface area (Å²) in [6.45, 7) is 6.09. The molecule has 0 spiro atoms. The topological polar surface area (TPSA) is 44.9 Å². The second-order valence-electron chi connectivity index (χ2n) is 10.0. The van der Waals surface area contributed by atoms with Crippen LogP contribution in [0.25, 0.3) is 0 Å². The number of aliphatic imine (C=N–C) groups is 1. The first-order chi connectivity index (χ1) is 17.3. The van der Waals surface area contributed by atoms with Gasteiger partial charge in [0, 0.05) is 25.6 Å². The highest BCUT2D eigenvalue weighted by Crippen LogP contribution is 2.37. The molecule has 1 saturated heterocycles. The van der Waals surface area contributed by atoms with Crippen molar-refractivity contribution in [3.8, 4) is 0 Å². The monoisotopic (exact) mass is 466 g/mol. The number of hydrogen-bond acceptors (Lipinski definition) is 2. The van der Waals surface area contributed by atoms with Gasteiger partial charge in [0.05, 0.1) is 0 Å². The average molecular weight is 467 g/mol. The van der Waals surface area contributed by atoms with Crippen LogP contribution in [0, 0.1) is 5.92 Å². The lowest BCUT2D eigenvalue weighted by Gasteiger charge is -2.36. The zero-order valence-electron chi connectivity index (χ0n) is 20.7. The predicted molar refractivity (Wildman–Crippen MR) is 146 cm³/mol. The molecule has 3 aromatic rings. The first-order valence-electron chi connectivity index (χ1n) is 13.2. The molecule has 4 heteroatoms. The summed E-state index contributed by atoms with van der Waals surface area (Å²) in [5.74, 6) is 1.87. The van der Waals surface area contributed by atoms with Gasteiger partial charge >= 0.3 is 0 Å². The van der Waals surface area contributed by atoms with E-state index in [4.69, 9.17) is 10.7 Å². The third kappa shape index (κ3) is 5.94. The Labute approximate surface area is 210 Å². The van der Waals surface area contributed by atoms with E-state index < -0.39 is 0 Å². The molecule has 182 valence electrons. The third-order valence-electron chi connectivity index (χ3n) is 7.78. The summed E-state index contributed by atoms with van der Waals surface area (Å²) >= 11 is 0. The van der Waals surface area contributed by atoms with E-state index in [0.717, 1.165) is 39.0 Å². The van der Waals surface area contributed by atoms with E-state index in [2.05, 4.69) is 94.7 Å².